The number of aromatic nitrogens is 1. The van der Waals surface area contributed by atoms with Gasteiger partial charge in [0.25, 0.3) is 0 Å². The van der Waals surface area contributed by atoms with Gasteiger partial charge in [-0.3, -0.25) is 4.90 Å². The fourth-order valence-electron chi connectivity index (χ4n) is 4.25. The highest BCUT2D eigenvalue weighted by atomic mass is 16.5. The lowest BCUT2D eigenvalue weighted by Gasteiger charge is -2.27. The van der Waals surface area contributed by atoms with Gasteiger partial charge in [0.1, 0.15) is 11.4 Å². The second-order valence-corrected chi connectivity index (χ2v) is 7.59. The Morgan fingerprint density at radius 2 is 1.62 bits per heavy atom. The Balaban J connectivity index is 1.90. The molecule has 1 N–H and O–H groups in total. The van der Waals surface area contributed by atoms with E-state index in [-0.39, 0.29) is 5.69 Å². The van der Waals surface area contributed by atoms with Crippen molar-refractivity contribution in [1.82, 2.24) is 9.47 Å². The van der Waals surface area contributed by atoms with Crippen LogP contribution in [0.1, 0.15) is 10.5 Å². The molecule has 1 aliphatic heterocycles. The molecule has 0 spiro atoms. The number of morpholine rings is 1. The lowest BCUT2D eigenvalue weighted by atomic mass is 10.0. The van der Waals surface area contributed by atoms with E-state index in [1.807, 2.05) is 41.0 Å². The minimum Gasteiger partial charge on any atom is -0.497 e. The van der Waals surface area contributed by atoms with E-state index in [2.05, 4.69) is 4.90 Å². The van der Waals surface area contributed by atoms with Crippen molar-refractivity contribution >= 4 is 16.9 Å². The highest BCUT2D eigenvalue weighted by Gasteiger charge is 2.26. The number of methoxy groups -OCH3 is 3. The molecule has 1 saturated heterocycles. The van der Waals surface area contributed by atoms with E-state index in [4.69, 9.17) is 18.9 Å². The van der Waals surface area contributed by atoms with E-state index in [0.717, 1.165) is 36.1 Å². The van der Waals surface area contributed by atoms with Crippen molar-refractivity contribution in [2.75, 3.05) is 54.2 Å². The van der Waals surface area contributed by atoms with E-state index < -0.39 is 5.97 Å². The summed E-state index contributed by atoms with van der Waals surface area (Å²) in [6, 6.07) is 11.1. The second-order valence-electron chi connectivity index (χ2n) is 7.59. The third-order valence-electron chi connectivity index (χ3n) is 5.89. The topological polar surface area (TPSA) is 82.4 Å². The maximum atomic E-state index is 12.5. The zero-order valence-corrected chi connectivity index (χ0v) is 18.6. The van der Waals surface area contributed by atoms with Crippen LogP contribution in [0.2, 0.25) is 0 Å². The zero-order chi connectivity index (χ0) is 22.7. The first-order valence-electron chi connectivity index (χ1n) is 10.5. The predicted octanol–water partition coefficient (Wildman–Crippen LogP) is 3.36. The van der Waals surface area contributed by atoms with Crippen LogP contribution in [0, 0.1) is 0 Å². The van der Waals surface area contributed by atoms with Crippen LogP contribution in [0.5, 0.6) is 17.2 Å². The van der Waals surface area contributed by atoms with E-state index in [0.29, 0.717) is 42.6 Å². The molecule has 1 aliphatic rings. The van der Waals surface area contributed by atoms with E-state index >= 15 is 0 Å². The first kappa shape index (κ1) is 22.0. The lowest BCUT2D eigenvalue weighted by Crippen LogP contribution is -2.38. The molecule has 0 atom stereocenters. The zero-order valence-electron chi connectivity index (χ0n) is 18.6. The molecule has 8 heteroatoms. The van der Waals surface area contributed by atoms with Gasteiger partial charge in [-0.2, -0.15) is 0 Å². The maximum Gasteiger partial charge on any atom is 0.353 e. The molecule has 0 bridgehead atoms. The van der Waals surface area contributed by atoms with Gasteiger partial charge in [-0.25, -0.2) is 4.79 Å². The van der Waals surface area contributed by atoms with E-state index in [1.165, 1.54) is 0 Å². The predicted molar refractivity (Wildman–Crippen MR) is 121 cm³/mol. The number of benzene rings is 2. The number of hydrogen-bond donors (Lipinski definition) is 1. The summed E-state index contributed by atoms with van der Waals surface area (Å²) in [5.74, 6) is 0.841. The van der Waals surface area contributed by atoms with Gasteiger partial charge >= 0.3 is 5.97 Å². The Bertz CT molecular complexity index is 1100. The van der Waals surface area contributed by atoms with Crippen LogP contribution >= 0.6 is 0 Å². The summed E-state index contributed by atoms with van der Waals surface area (Å²) in [6.45, 7) is 4.32. The average molecular weight is 440 g/mol. The van der Waals surface area contributed by atoms with Gasteiger partial charge in [-0.15, -0.1) is 0 Å². The van der Waals surface area contributed by atoms with Crippen LogP contribution in [0.4, 0.5) is 0 Å². The molecule has 3 aromatic rings. The standard InChI is InChI=1S/C24H28N2O6/c1-29-17-6-4-16(5-7-17)22-18-14-20(30-2)21(31-3)15-19(18)26(23(22)24(27)28)9-8-25-10-12-32-13-11-25/h4-7,14-15H,8-13H2,1-3H3,(H,27,28). The molecular weight excluding hydrogens is 412 g/mol. The molecule has 32 heavy (non-hydrogen) atoms. The van der Waals surface area contributed by atoms with Crippen LogP contribution in [-0.2, 0) is 11.3 Å². The quantitative estimate of drug-likeness (QED) is 0.575. The number of carboxylic acids is 1. The molecule has 0 saturated carbocycles. The Morgan fingerprint density at radius 3 is 2.22 bits per heavy atom. The Kier molecular flexibility index (Phi) is 6.53. The number of fused-ring (bicyclic) bond motifs is 1. The summed E-state index contributed by atoms with van der Waals surface area (Å²) in [5.41, 5.74) is 2.48. The van der Waals surface area contributed by atoms with Gasteiger partial charge in [0.2, 0.25) is 0 Å². The molecule has 1 aromatic heterocycles. The van der Waals surface area contributed by atoms with E-state index in [9.17, 15) is 9.90 Å². The molecular formula is C24H28N2O6. The minimum atomic E-state index is -0.980. The summed E-state index contributed by atoms with van der Waals surface area (Å²) in [4.78, 5) is 14.8. The van der Waals surface area contributed by atoms with Gasteiger partial charge in [0, 0.05) is 43.2 Å². The van der Waals surface area contributed by atoms with Gasteiger partial charge < -0.3 is 28.6 Å². The molecule has 4 rings (SSSR count). The highest BCUT2D eigenvalue weighted by Crippen LogP contribution is 2.41. The number of aromatic carboxylic acids is 1. The maximum absolute atomic E-state index is 12.5. The number of rotatable bonds is 8. The van der Waals surface area contributed by atoms with Gasteiger partial charge in [0.15, 0.2) is 11.5 Å². The molecule has 0 unspecified atom stereocenters. The fourth-order valence-corrected chi connectivity index (χ4v) is 4.25. The van der Waals surface area contributed by atoms with Crippen molar-refractivity contribution in [2.45, 2.75) is 6.54 Å². The molecule has 0 amide bonds. The number of hydrogen-bond acceptors (Lipinski definition) is 6. The molecule has 2 heterocycles. The highest BCUT2D eigenvalue weighted by molar-refractivity contribution is 6.09. The molecule has 0 aliphatic carbocycles. The summed E-state index contributed by atoms with van der Waals surface area (Å²) >= 11 is 0. The Labute approximate surface area is 186 Å². The second kappa shape index (κ2) is 9.50. The molecule has 8 nitrogen and oxygen atoms in total. The third kappa shape index (κ3) is 4.11. The minimum absolute atomic E-state index is 0.244. The largest absolute Gasteiger partial charge is 0.497 e. The van der Waals surface area contributed by atoms with Crippen molar-refractivity contribution in [3.05, 3.63) is 42.1 Å². The van der Waals surface area contributed by atoms with Crippen LogP contribution < -0.4 is 14.2 Å². The summed E-state index contributed by atoms with van der Waals surface area (Å²) < 4.78 is 23.6. The number of carboxylic acid groups (broad SMARTS) is 1. The van der Waals surface area contributed by atoms with Crippen LogP contribution in [0.3, 0.4) is 0 Å². The van der Waals surface area contributed by atoms with Gasteiger partial charge in [-0.1, -0.05) is 12.1 Å². The summed E-state index contributed by atoms with van der Waals surface area (Å²) in [6.07, 6.45) is 0. The molecule has 170 valence electrons. The van der Waals surface area contributed by atoms with E-state index in [1.54, 1.807) is 21.3 Å². The number of nitrogens with zero attached hydrogens (tertiary/aromatic N) is 2. The van der Waals surface area contributed by atoms with Crippen LogP contribution in [-0.4, -0.2) is 74.7 Å². The first-order valence-corrected chi connectivity index (χ1v) is 10.5. The first-order chi connectivity index (χ1) is 15.6. The third-order valence-corrected chi connectivity index (χ3v) is 5.89. The summed E-state index contributed by atoms with van der Waals surface area (Å²) in [5, 5.41) is 11.1. The number of ether oxygens (including phenoxy) is 4. The van der Waals surface area contributed by atoms with Gasteiger partial charge in [-0.05, 0) is 23.8 Å². The lowest BCUT2D eigenvalue weighted by molar-refractivity contribution is 0.0362. The Hall–Kier alpha value is -3.23. The van der Waals surface area contributed by atoms with Crippen molar-refractivity contribution < 1.29 is 28.8 Å². The fraction of sp³-hybridized carbons (Fsp3) is 0.375. The van der Waals surface area contributed by atoms with Crippen molar-refractivity contribution in [3.63, 3.8) is 0 Å². The normalized spacial score (nSPS) is 14.5. The van der Waals surface area contributed by atoms with Crippen LogP contribution in [0.25, 0.3) is 22.0 Å². The van der Waals surface area contributed by atoms with Crippen molar-refractivity contribution in [1.29, 1.82) is 0 Å². The van der Waals surface area contributed by atoms with Crippen molar-refractivity contribution in [3.8, 4) is 28.4 Å². The monoisotopic (exact) mass is 440 g/mol. The average Bonchev–Trinajstić information content (AvgIpc) is 3.15. The molecule has 2 aromatic carbocycles. The number of carbonyl (C=O) groups is 1. The smallest absolute Gasteiger partial charge is 0.353 e. The summed E-state index contributed by atoms with van der Waals surface area (Å²) in [7, 11) is 4.75. The van der Waals surface area contributed by atoms with Crippen LogP contribution in [0.15, 0.2) is 36.4 Å². The molecule has 1 fully saturated rings. The molecule has 0 radical (unpaired) electrons. The van der Waals surface area contributed by atoms with Gasteiger partial charge in [0.05, 0.1) is 40.1 Å². The SMILES string of the molecule is COc1ccc(-c2c(C(=O)O)n(CCN3CCOCC3)c3cc(OC)c(OC)cc23)cc1. The Morgan fingerprint density at radius 1 is 0.969 bits per heavy atom. The van der Waals surface area contributed by atoms with Crippen molar-refractivity contribution in [2.24, 2.45) is 0 Å².